The van der Waals surface area contributed by atoms with Gasteiger partial charge in [0.05, 0.1) is 12.2 Å². The molecule has 1 aliphatic heterocycles. The van der Waals surface area contributed by atoms with Gasteiger partial charge in [0.2, 0.25) is 0 Å². The van der Waals surface area contributed by atoms with Crippen molar-refractivity contribution in [3.05, 3.63) is 60.2 Å². The topological polar surface area (TPSA) is 35.2 Å². The Labute approximate surface area is 133 Å². The first-order valence-electron chi connectivity index (χ1n) is 8.35. The van der Waals surface area contributed by atoms with Gasteiger partial charge in [0.15, 0.2) is 0 Å². The Bertz CT molecular complexity index is 564. The Morgan fingerprint density at radius 1 is 0.818 bits per heavy atom. The Kier molecular flexibility index (Phi) is 5.25. The zero-order valence-corrected chi connectivity index (χ0v) is 13.1. The highest BCUT2D eigenvalue weighted by atomic mass is 16.5. The smallest absolute Gasteiger partial charge is 0.0591 e. The van der Waals surface area contributed by atoms with E-state index < -0.39 is 0 Å². The van der Waals surface area contributed by atoms with E-state index in [4.69, 9.17) is 10.5 Å². The standard InChI is InChI=1S/C20H25NO/c21-15-14-20-13-12-19(22-20)11-8-16-6-9-18(10-7-16)17-4-2-1-3-5-17/h1-7,9-10,19-20H,8,11-15,21H2. The van der Waals surface area contributed by atoms with Crippen molar-refractivity contribution in [3.63, 3.8) is 0 Å². The van der Waals surface area contributed by atoms with Gasteiger partial charge in [-0.15, -0.1) is 0 Å². The number of rotatable bonds is 6. The second kappa shape index (κ2) is 7.57. The minimum absolute atomic E-state index is 0.399. The first-order chi connectivity index (χ1) is 10.8. The Morgan fingerprint density at radius 3 is 2.14 bits per heavy atom. The van der Waals surface area contributed by atoms with E-state index in [1.54, 1.807) is 0 Å². The van der Waals surface area contributed by atoms with Crippen LogP contribution in [-0.4, -0.2) is 18.8 Å². The monoisotopic (exact) mass is 295 g/mol. The summed E-state index contributed by atoms with van der Waals surface area (Å²) in [6, 6.07) is 19.4. The Hall–Kier alpha value is -1.64. The van der Waals surface area contributed by atoms with E-state index in [0.29, 0.717) is 12.2 Å². The lowest BCUT2D eigenvalue weighted by Gasteiger charge is -2.13. The molecule has 0 aliphatic carbocycles. The third-order valence-corrected chi connectivity index (χ3v) is 4.50. The lowest BCUT2D eigenvalue weighted by Crippen LogP contribution is -2.15. The van der Waals surface area contributed by atoms with E-state index in [9.17, 15) is 0 Å². The molecule has 1 saturated heterocycles. The highest BCUT2D eigenvalue weighted by Gasteiger charge is 2.24. The van der Waals surface area contributed by atoms with Crippen LogP contribution in [0.25, 0.3) is 11.1 Å². The molecule has 0 bridgehead atoms. The number of hydrogen-bond acceptors (Lipinski definition) is 2. The first-order valence-corrected chi connectivity index (χ1v) is 8.35. The van der Waals surface area contributed by atoms with Gasteiger partial charge in [-0.2, -0.15) is 0 Å². The molecule has 0 aromatic heterocycles. The van der Waals surface area contributed by atoms with Gasteiger partial charge < -0.3 is 10.5 Å². The van der Waals surface area contributed by atoms with Crippen LogP contribution in [0.2, 0.25) is 0 Å². The number of aryl methyl sites for hydroxylation is 1. The van der Waals surface area contributed by atoms with Crippen molar-refractivity contribution >= 4 is 0 Å². The summed E-state index contributed by atoms with van der Waals surface area (Å²) in [5.41, 5.74) is 9.55. The molecule has 2 unspecified atom stereocenters. The van der Waals surface area contributed by atoms with Gasteiger partial charge in [-0.25, -0.2) is 0 Å². The van der Waals surface area contributed by atoms with Crippen LogP contribution in [0.1, 0.15) is 31.2 Å². The van der Waals surface area contributed by atoms with Crippen LogP contribution in [0.3, 0.4) is 0 Å². The molecule has 1 aliphatic rings. The molecule has 2 atom stereocenters. The number of hydrogen-bond donors (Lipinski definition) is 1. The lowest BCUT2D eigenvalue weighted by molar-refractivity contribution is 0.0378. The maximum absolute atomic E-state index is 6.04. The third-order valence-electron chi connectivity index (χ3n) is 4.50. The zero-order valence-electron chi connectivity index (χ0n) is 13.1. The molecule has 0 saturated carbocycles. The first kappa shape index (κ1) is 15.3. The molecule has 3 rings (SSSR count). The zero-order chi connectivity index (χ0) is 15.2. The van der Waals surface area contributed by atoms with Crippen molar-refractivity contribution in [1.82, 2.24) is 0 Å². The van der Waals surface area contributed by atoms with Crippen LogP contribution < -0.4 is 5.73 Å². The molecule has 0 amide bonds. The SMILES string of the molecule is NCCC1CCC(CCc2ccc(-c3ccccc3)cc2)O1. The van der Waals surface area contributed by atoms with Gasteiger partial charge in [0.25, 0.3) is 0 Å². The van der Waals surface area contributed by atoms with E-state index in [1.807, 2.05) is 0 Å². The Balaban J connectivity index is 1.52. The van der Waals surface area contributed by atoms with E-state index in [0.717, 1.165) is 25.8 Å². The summed E-state index contributed by atoms with van der Waals surface area (Å²) in [7, 11) is 0. The van der Waals surface area contributed by atoms with Crippen LogP contribution in [-0.2, 0) is 11.2 Å². The van der Waals surface area contributed by atoms with Crippen molar-refractivity contribution in [2.45, 2.75) is 44.3 Å². The molecular weight excluding hydrogens is 270 g/mol. The molecule has 1 fully saturated rings. The highest BCUT2D eigenvalue weighted by Crippen LogP contribution is 2.26. The second-order valence-corrected chi connectivity index (χ2v) is 6.14. The van der Waals surface area contributed by atoms with Crippen LogP contribution in [0.5, 0.6) is 0 Å². The molecule has 2 heteroatoms. The number of ether oxygens (including phenoxy) is 1. The van der Waals surface area contributed by atoms with Crippen molar-refractivity contribution in [2.24, 2.45) is 5.73 Å². The van der Waals surface area contributed by atoms with E-state index in [1.165, 1.54) is 29.5 Å². The quantitative estimate of drug-likeness (QED) is 0.867. The van der Waals surface area contributed by atoms with Crippen LogP contribution >= 0.6 is 0 Å². The lowest BCUT2D eigenvalue weighted by atomic mass is 10.0. The normalized spacial score (nSPS) is 21.1. The number of benzene rings is 2. The van der Waals surface area contributed by atoms with Crippen molar-refractivity contribution in [2.75, 3.05) is 6.54 Å². The molecule has 2 aromatic carbocycles. The molecule has 2 N–H and O–H groups in total. The maximum Gasteiger partial charge on any atom is 0.0591 e. The van der Waals surface area contributed by atoms with Crippen LogP contribution in [0.15, 0.2) is 54.6 Å². The molecule has 116 valence electrons. The van der Waals surface area contributed by atoms with Crippen LogP contribution in [0.4, 0.5) is 0 Å². The largest absolute Gasteiger partial charge is 0.375 e. The molecule has 1 heterocycles. The highest BCUT2D eigenvalue weighted by molar-refractivity contribution is 5.63. The molecule has 0 radical (unpaired) electrons. The van der Waals surface area contributed by atoms with Gasteiger partial charge >= 0.3 is 0 Å². The second-order valence-electron chi connectivity index (χ2n) is 6.14. The minimum atomic E-state index is 0.399. The average Bonchev–Trinajstić information content (AvgIpc) is 3.02. The number of nitrogens with two attached hydrogens (primary N) is 1. The molecule has 2 aromatic rings. The van der Waals surface area contributed by atoms with Gasteiger partial charge in [0, 0.05) is 0 Å². The molecule has 0 spiro atoms. The molecular formula is C20H25NO. The third kappa shape index (κ3) is 3.96. The van der Waals surface area contributed by atoms with Gasteiger partial charge in [-0.05, 0) is 55.3 Å². The summed E-state index contributed by atoms with van der Waals surface area (Å²) in [6.07, 6.45) is 6.39. The minimum Gasteiger partial charge on any atom is -0.375 e. The fraction of sp³-hybridized carbons (Fsp3) is 0.400. The maximum atomic E-state index is 6.04. The summed E-state index contributed by atoms with van der Waals surface area (Å²) in [4.78, 5) is 0. The fourth-order valence-electron chi connectivity index (χ4n) is 3.21. The predicted molar refractivity (Wildman–Crippen MR) is 91.8 cm³/mol. The summed E-state index contributed by atoms with van der Waals surface area (Å²) in [5.74, 6) is 0. The van der Waals surface area contributed by atoms with E-state index in [-0.39, 0.29) is 0 Å². The summed E-state index contributed by atoms with van der Waals surface area (Å²) >= 11 is 0. The van der Waals surface area contributed by atoms with Crippen molar-refractivity contribution in [1.29, 1.82) is 0 Å². The van der Waals surface area contributed by atoms with E-state index >= 15 is 0 Å². The van der Waals surface area contributed by atoms with Crippen LogP contribution in [0, 0.1) is 0 Å². The van der Waals surface area contributed by atoms with Gasteiger partial charge in [0.1, 0.15) is 0 Å². The Morgan fingerprint density at radius 2 is 1.45 bits per heavy atom. The molecule has 2 nitrogen and oxygen atoms in total. The summed E-state index contributed by atoms with van der Waals surface area (Å²) < 4.78 is 6.04. The molecule has 22 heavy (non-hydrogen) atoms. The fourth-order valence-corrected chi connectivity index (χ4v) is 3.21. The van der Waals surface area contributed by atoms with Crippen molar-refractivity contribution in [3.8, 4) is 11.1 Å². The predicted octanol–water partition coefficient (Wildman–Crippen LogP) is 4.18. The summed E-state index contributed by atoms with van der Waals surface area (Å²) in [6.45, 7) is 0.734. The average molecular weight is 295 g/mol. The van der Waals surface area contributed by atoms with E-state index in [2.05, 4.69) is 54.6 Å². The van der Waals surface area contributed by atoms with Crippen molar-refractivity contribution < 1.29 is 4.74 Å². The van der Waals surface area contributed by atoms with Gasteiger partial charge in [-0.1, -0.05) is 54.6 Å². The van der Waals surface area contributed by atoms with Gasteiger partial charge in [-0.3, -0.25) is 0 Å². The summed E-state index contributed by atoms with van der Waals surface area (Å²) in [5, 5.41) is 0.